The molecule has 37 heavy (non-hydrogen) atoms. The second-order valence-electron chi connectivity index (χ2n) is 9.89. The SMILES string of the molecule is CCCCc1ccc(-c2cc(C(=O)Nc3sc4c(c3C(N)=O)CC[C@H](C)C4)c3cc(Br)ccc3n2)cc1. The van der Waals surface area contributed by atoms with E-state index in [9.17, 15) is 9.59 Å². The molecule has 0 fully saturated rings. The summed E-state index contributed by atoms with van der Waals surface area (Å²) in [5.74, 6) is -0.221. The van der Waals surface area contributed by atoms with E-state index in [4.69, 9.17) is 10.7 Å². The standard InChI is InChI=1S/C30H30BrN3O2S/c1-3-4-5-18-7-9-19(10-8-18)25-16-23(22-15-20(31)11-13-24(22)33-25)29(36)34-30-27(28(32)35)21-12-6-17(2)14-26(21)37-30/h7-11,13,15-17H,3-6,12,14H2,1-2H3,(H2,32,35)(H,34,36)/t17-/m0/s1. The third-order valence-corrected chi connectivity index (χ3v) is 8.73. The van der Waals surface area contributed by atoms with Crippen LogP contribution in [0.15, 0.2) is 53.0 Å². The topological polar surface area (TPSA) is 85.1 Å². The maximum absolute atomic E-state index is 13.7. The molecule has 1 atom stereocenters. The van der Waals surface area contributed by atoms with E-state index in [0.29, 0.717) is 22.0 Å². The Morgan fingerprint density at radius 1 is 1.16 bits per heavy atom. The Balaban J connectivity index is 1.54. The van der Waals surface area contributed by atoms with Crippen molar-refractivity contribution in [1.29, 1.82) is 0 Å². The number of benzene rings is 2. The van der Waals surface area contributed by atoms with Crippen molar-refractivity contribution in [2.45, 2.75) is 52.4 Å². The van der Waals surface area contributed by atoms with E-state index in [0.717, 1.165) is 75.6 Å². The molecule has 2 aromatic carbocycles. The summed E-state index contributed by atoms with van der Waals surface area (Å²) in [6.45, 7) is 4.40. The highest BCUT2D eigenvalue weighted by atomic mass is 79.9. The first kappa shape index (κ1) is 25.6. The number of primary amides is 1. The quantitative estimate of drug-likeness (QED) is 0.238. The van der Waals surface area contributed by atoms with Gasteiger partial charge in [-0.3, -0.25) is 9.59 Å². The van der Waals surface area contributed by atoms with Gasteiger partial charge in [0.15, 0.2) is 0 Å². The van der Waals surface area contributed by atoms with Crippen LogP contribution in [-0.2, 0) is 19.3 Å². The van der Waals surface area contributed by atoms with Crippen LogP contribution in [0.3, 0.4) is 0 Å². The zero-order valence-electron chi connectivity index (χ0n) is 21.1. The van der Waals surface area contributed by atoms with Crippen molar-refractivity contribution >= 4 is 55.0 Å². The van der Waals surface area contributed by atoms with E-state index in [1.165, 1.54) is 16.9 Å². The molecule has 0 bridgehead atoms. The molecule has 0 aliphatic heterocycles. The Hall–Kier alpha value is -3.03. The summed E-state index contributed by atoms with van der Waals surface area (Å²) in [6.07, 6.45) is 6.09. The van der Waals surface area contributed by atoms with Gasteiger partial charge in [0.2, 0.25) is 0 Å². The van der Waals surface area contributed by atoms with E-state index in [1.54, 1.807) is 0 Å². The summed E-state index contributed by atoms with van der Waals surface area (Å²) >= 11 is 5.01. The number of aromatic nitrogens is 1. The molecule has 0 saturated heterocycles. The zero-order chi connectivity index (χ0) is 26.1. The van der Waals surface area contributed by atoms with Crippen LogP contribution in [0.2, 0.25) is 0 Å². The fourth-order valence-electron chi connectivity index (χ4n) is 5.03. The smallest absolute Gasteiger partial charge is 0.257 e. The van der Waals surface area contributed by atoms with Gasteiger partial charge in [-0.1, -0.05) is 60.5 Å². The van der Waals surface area contributed by atoms with Gasteiger partial charge in [0.05, 0.1) is 22.3 Å². The monoisotopic (exact) mass is 575 g/mol. The molecule has 0 saturated carbocycles. The van der Waals surface area contributed by atoms with Gasteiger partial charge >= 0.3 is 0 Å². The van der Waals surface area contributed by atoms with Crippen LogP contribution in [0.1, 0.15) is 69.8 Å². The van der Waals surface area contributed by atoms with Crippen LogP contribution in [0.4, 0.5) is 5.00 Å². The number of halogens is 1. The van der Waals surface area contributed by atoms with Gasteiger partial charge in [-0.2, -0.15) is 0 Å². The number of nitrogens with two attached hydrogens (primary N) is 1. The molecule has 7 heteroatoms. The summed E-state index contributed by atoms with van der Waals surface area (Å²) in [4.78, 5) is 32.2. The van der Waals surface area contributed by atoms with Gasteiger partial charge in [-0.25, -0.2) is 4.98 Å². The molecule has 0 radical (unpaired) electrons. The average molecular weight is 577 g/mol. The van der Waals surface area contributed by atoms with Crippen molar-refractivity contribution in [3.05, 3.63) is 80.1 Å². The molecule has 0 spiro atoms. The summed E-state index contributed by atoms with van der Waals surface area (Å²) in [6, 6.07) is 16.0. The van der Waals surface area contributed by atoms with Crippen molar-refractivity contribution < 1.29 is 9.59 Å². The lowest BCUT2D eigenvalue weighted by Crippen LogP contribution is -2.19. The largest absolute Gasteiger partial charge is 0.365 e. The van der Waals surface area contributed by atoms with E-state index in [2.05, 4.69) is 59.4 Å². The number of hydrogen-bond donors (Lipinski definition) is 2. The highest BCUT2D eigenvalue weighted by molar-refractivity contribution is 9.10. The molecular weight excluding hydrogens is 546 g/mol. The predicted octanol–water partition coefficient (Wildman–Crippen LogP) is 7.54. The highest BCUT2D eigenvalue weighted by Gasteiger charge is 2.28. The zero-order valence-corrected chi connectivity index (χ0v) is 23.5. The minimum absolute atomic E-state index is 0.277. The fourth-order valence-corrected chi connectivity index (χ4v) is 6.80. The van der Waals surface area contributed by atoms with Crippen molar-refractivity contribution in [2.75, 3.05) is 5.32 Å². The van der Waals surface area contributed by atoms with E-state index in [1.807, 2.05) is 24.3 Å². The number of carbonyl (C=O) groups is 2. The first-order valence-corrected chi connectivity index (χ1v) is 14.4. The number of unbranched alkanes of at least 4 members (excludes halogenated alkanes) is 1. The van der Waals surface area contributed by atoms with Gasteiger partial charge in [0.1, 0.15) is 5.00 Å². The molecule has 5 nitrogen and oxygen atoms in total. The summed E-state index contributed by atoms with van der Waals surface area (Å²) in [5.41, 5.74) is 11.5. The molecule has 0 unspecified atom stereocenters. The maximum Gasteiger partial charge on any atom is 0.257 e. The Kier molecular flexibility index (Phi) is 7.45. The molecule has 3 N–H and O–H groups in total. The number of amides is 2. The Morgan fingerprint density at radius 3 is 2.68 bits per heavy atom. The number of aryl methyl sites for hydroxylation is 1. The van der Waals surface area contributed by atoms with E-state index in [-0.39, 0.29) is 5.91 Å². The van der Waals surface area contributed by atoms with Crippen molar-refractivity contribution in [3.8, 4) is 11.3 Å². The molecule has 1 aliphatic rings. The number of thiophene rings is 1. The first-order chi connectivity index (χ1) is 17.8. The highest BCUT2D eigenvalue weighted by Crippen LogP contribution is 2.40. The number of fused-ring (bicyclic) bond motifs is 2. The number of rotatable bonds is 7. The van der Waals surface area contributed by atoms with Gasteiger partial charge in [-0.05, 0) is 73.4 Å². The number of carbonyl (C=O) groups excluding carboxylic acids is 2. The fraction of sp³-hybridized carbons (Fsp3) is 0.300. The summed E-state index contributed by atoms with van der Waals surface area (Å²) < 4.78 is 0.863. The van der Waals surface area contributed by atoms with Crippen LogP contribution in [0.25, 0.3) is 22.2 Å². The van der Waals surface area contributed by atoms with Crippen LogP contribution in [-0.4, -0.2) is 16.8 Å². The minimum atomic E-state index is -0.492. The molecule has 2 aromatic heterocycles. The lowest BCUT2D eigenvalue weighted by Gasteiger charge is -2.18. The van der Waals surface area contributed by atoms with Crippen molar-refractivity contribution in [3.63, 3.8) is 0 Å². The number of anilines is 1. The first-order valence-electron chi connectivity index (χ1n) is 12.8. The maximum atomic E-state index is 13.7. The molecule has 4 aromatic rings. The van der Waals surface area contributed by atoms with Crippen LogP contribution >= 0.6 is 27.3 Å². The van der Waals surface area contributed by atoms with Crippen molar-refractivity contribution in [1.82, 2.24) is 4.98 Å². The van der Waals surface area contributed by atoms with Gasteiger partial charge < -0.3 is 11.1 Å². The Labute approximate surface area is 229 Å². The van der Waals surface area contributed by atoms with Gasteiger partial charge in [0, 0.05) is 20.3 Å². The molecule has 1 aliphatic carbocycles. The van der Waals surface area contributed by atoms with Crippen LogP contribution < -0.4 is 11.1 Å². The number of nitrogens with zero attached hydrogens (tertiary/aromatic N) is 1. The molecule has 2 heterocycles. The molecule has 190 valence electrons. The second kappa shape index (κ2) is 10.8. The van der Waals surface area contributed by atoms with Gasteiger partial charge in [-0.15, -0.1) is 11.3 Å². The summed E-state index contributed by atoms with van der Waals surface area (Å²) in [5, 5.41) is 4.32. The van der Waals surface area contributed by atoms with Gasteiger partial charge in [0.25, 0.3) is 11.8 Å². The third kappa shape index (κ3) is 5.34. The number of pyridine rings is 1. The number of nitrogens with one attached hydrogen (secondary N) is 1. The minimum Gasteiger partial charge on any atom is -0.365 e. The molecule has 5 rings (SSSR count). The second-order valence-corrected chi connectivity index (χ2v) is 11.9. The summed E-state index contributed by atoms with van der Waals surface area (Å²) in [7, 11) is 0. The van der Waals surface area contributed by atoms with E-state index < -0.39 is 5.91 Å². The number of hydrogen-bond acceptors (Lipinski definition) is 4. The van der Waals surface area contributed by atoms with Crippen LogP contribution in [0.5, 0.6) is 0 Å². The predicted molar refractivity (Wildman–Crippen MR) is 155 cm³/mol. The normalized spacial score (nSPS) is 14.9. The molecular formula is C30H30BrN3O2S. The third-order valence-electron chi connectivity index (χ3n) is 7.07. The molecule has 2 amide bonds. The van der Waals surface area contributed by atoms with Crippen LogP contribution in [0, 0.1) is 5.92 Å². The lowest BCUT2D eigenvalue weighted by atomic mass is 9.88. The van der Waals surface area contributed by atoms with Crippen molar-refractivity contribution in [2.24, 2.45) is 11.7 Å². The Bertz CT molecular complexity index is 1490. The Morgan fingerprint density at radius 2 is 1.95 bits per heavy atom. The lowest BCUT2D eigenvalue weighted by molar-refractivity contribution is 0.1000. The van der Waals surface area contributed by atoms with E-state index >= 15 is 0 Å². The average Bonchev–Trinajstić information content (AvgIpc) is 3.24.